The smallest absolute Gasteiger partial charge is 0.146 e. The lowest BCUT2D eigenvalue weighted by molar-refractivity contribution is 0.0331. The minimum atomic E-state index is 0.806. The van der Waals surface area contributed by atoms with Crippen molar-refractivity contribution in [2.24, 2.45) is 0 Å². The summed E-state index contributed by atoms with van der Waals surface area (Å²) in [4.78, 5) is 18.9. The Bertz CT molecular complexity index is 990. The highest BCUT2D eigenvalue weighted by Gasteiger charge is 2.25. The van der Waals surface area contributed by atoms with Gasteiger partial charge in [-0.2, -0.15) is 0 Å². The van der Waals surface area contributed by atoms with Crippen LogP contribution in [-0.4, -0.2) is 48.2 Å². The zero-order valence-electron chi connectivity index (χ0n) is 16.5. The van der Waals surface area contributed by atoms with Crippen LogP contribution in [0.3, 0.4) is 0 Å². The Hall–Kier alpha value is -1.54. The van der Waals surface area contributed by atoms with E-state index in [1.807, 2.05) is 22.7 Å². The number of aryl methyl sites for hydroxylation is 3. The minimum absolute atomic E-state index is 0.806. The van der Waals surface area contributed by atoms with Crippen LogP contribution < -0.4 is 4.90 Å². The van der Waals surface area contributed by atoms with Gasteiger partial charge in [0, 0.05) is 29.9 Å². The van der Waals surface area contributed by atoms with Gasteiger partial charge < -0.3 is 9.64 Å². The molecule has 0 unspecified atom stereocenters. The van der Waals surface area contributed by atoms with E-state index in [9.17, 15) is 0 Å². The average Bonchev–Trinajstić information content (AvgIpc) is 3.38. The lowest BCUT2D eigenvalue weighted by Gasteiger charge is -2.26. The van der Waals surface area contributed by atoms with Crippen molar-refractivity contribution in [3.63, 3.8) is 0 Å². The van der Waals surface area contributed by atoms with Gasteiger partial charge in [0.2, 0.25) is 0 Å². The molecule has 3 aromatic rings. The van der Waals surface area contributed by atoms with Crippen LogP contribution in [0.25, 0.3) is 10.2 Å². The molecule has 5 nitrogen and oxygen atoms in total. The van der Waals surface area contributed by atoms with E-state index in [2.05, 4.69) is 35.2 Å². The average molecular weight is 415 g/mol. The molecule has 1 fully saturated rings. The number of thiophene rings is 2. The minimum Gasteiger partial charge on any atom is -0.379 e. The lowest BCUT2D eigenvalue weighted by Crippen LogP contribution is -2.36. The van der Waals surface area contributed by atoms with Crippen molar-refractivity contribution >= 4 is 38.7 Å². The van der Waals surface area contributed by atoms with Crippen molar-refractivity contribution in [3.05, 3.63) is 38.2 Å². The first kappa shape index (κ1) is 18.5. The third-order valence-corrected chi connectivity index (χ3v) is 7.96. The third-order valence-electron chi connectivity index (χ3n) is 5.77. The van der Waals surface area contributed by atoms with Crippen LogP contribution >= 0.6 is 22.7 Å². The highest BCUT2D eigenvalue weighted by Crippen LogP contribution is 2.41. The molecule has 1 saturated heterocycles. The summed E-state index contributed by atoms with van der Waals surface area (Å²) in [6.45, 7) is 7.43. The number of hydrogen-bond donors (Lipinski definition) is 0. The van der Waals surface area contributed by atoms with Gasteiger partial charge in [-0.05, 0) is 48.8 Å². The number of nitrogens with zero attached hydrogens (tertiary/aromatic N) is 4. The standard InChI is InChI=1S/C21H26N4OS2/c1-14-6-11-27-17(14)12-24(2)20-19-15-4-3-5-16(15)28-21(19)23-18(22-20)13-25-7-9-26-10-8-25/h6,11H,3-5,7-10,12-13H2,1-2H3. The number of hydrogen-bond acceptors (Lipinski definition) is 7. The van der Waals surface area contributed by atoms with Crippen LogP contribution in [0.1, 0.15) is 33.1 Å². The molecule has 1 aliphatic heterocycles. The van der Waals surface area contributed by atoms with Crippen molar-refractivity contribution in [2.45, 2.75) is 39.3 Å². The molecule has 1 aliphatic carbocycles. The van der Waals surface area contributed by atoms with Gasteiger partial charge in [0.05, 0.1) is 31.7 Å². The molecule has 0 radical (unpaired) electrons. The fraction of sp³-hybridized carbons (Fsp3) is 0.524. The molecule has 0 aromatic carbocycles. The van der Waals surface area contributed by atoms with Crippen molar-refractivity contribution in [3.8, 4) is 0 Å². The molecule has 3 aromatic heterocycles. The summed E-state index contributed by atoms with van der Waals surface area (Å²) in [6.07, 6.45) is 3.63. The summed E-state index contributed by atoms with van der Waals surface area (Å²) in [6, 6.07) is 2.20. The van der Waals surface area contributed by atoms with E-state index < -0.39 is 0 Å². The number of morpholine rings is 1. The van der Waals surface area contributed by atoms with E-state index in [4.69, 9.17) is 14.7 Å². The SMILES string of the molecule is Cc1ccsc1CN(C)c1nc(CN2CCOCC2)nc2sc3c(c12)CCC3. The van der Waals surface area contributed by atoms with Crippen LogP contribution in [0, 0.1) is 6.92 Å². The van der Waals surface area contributed by atoms with Gasteiger partial charge in [-0.15, -0.1) is 22.7 Å². The van der Waals surface area contributed by atoms with Gasteiger partial charge in [-0.25, -0.2) is 9.97 Å². The highest BCUT2D eigenvalue weighted by molar-refractivity contribution is 7.19. The molecule has 5 rings (SSSR count). The molecular formula is C21H26N4OS2. The van der Waals surface area contributed by atoms with Gasteiger partial charge >= 0.3 is 0 Å². The Labute approximate surface area is 174 Å². The van der Waals surface area contributed by atoms with Crippen molar-refractivity contribution in [1.82, 2.24) is 14.9 Å². The number of aromatic nitrogens is 2. The Balaban J connectivity index is 1.53. The Morgan fingerprint density at radius 3 is 2.86 bits per heavy atom. The van der Waals surface area contributed by atoms with Gasteiger partial charge in [-0.1, -0.05) is 0 Å². The predicted octanol–water partition coefficient (Wildman–Crippen LogP) is 4.02. The quantitative estimate of drug-likeness (QED) is 0.631. The third kappa shape index (κ3) is 3.45. The molecule has 0 amide bonds. The molecular weight excluding hydrogens is 388 g/mol. The molecule has 0 bridgehead atoms. The van der Waals surface area contributed by atoms with Crippen LogP contribution in [-0.2, 0) is 30.7 Å². The zero-order chi connectivity index (χ0) is 19.1. The fourth-order valence-corrected chi connectivity index (χ4v) is 6.42. The molecule has 0 spiro atoms. The summed E-state index contributed by atoms with van der Waals surface area (Å²) >= 11 is 3.72. The second kappa shape index (κ2) is 7.71. The predicted molar refractivity (Wildman–Crippen MR) is 117 cm³/mol. The van der Waals surface area contributed by atoms with Crippen LogP contribution in [0.2, 0.25) is 0 Å². The first-order chi connectivity index (χ1) is 13.7. The number of anilines is 1. The van der Waals surface area contributed by atoms with Crippen LogP contribution in [0.4, 0.5) is 5.82 Å². The fourth-order valence-electron chi connectivity index (χ4n) is 4.18. The van der Waals surface area contributed by atoms with E-state index in [0.717, 1.165) is 51.0 Å². The molecule has 7 heteroatoms. The topological polar surface area (TPSA) is 41.5 Å². The highest BCUT2D eigenvalue weighted by atomic mass is 32.1. The Morgan fingerprint density at radius 2 is 2.07 bits per heavy atom. The van der Waals surface area contributed by atoms with E-state index in [1.54, 1.807) is 0 Å². The summed E-state index contributed by atoms with van der Waals surface area (Å²) in [5.41, 5.74) is 2.87. The van der Waals surface area contributed by atoms with Crippen molar-refractivity contribution < 1.29 is 4.74 Å². The second-order valence-corrected chi connectivity index (χ2v) is 9.86. The summed E-state index contributed by atoms with van der Waals surface area (Å²) in [7, 11) is 2.18. The van der Waals surface area contributed by atoms with E-state index in [0.29, 0.717) is 0 Å². The Morgan fingerprint density at radius 1 is 1.21 bits per heavy atom. The maximum atomic E-state index is 5.49. The second-order valence-electron chi connectivity index (χ2n) is 7.77. The normalized spacial score (nSPS) is 17.4. The maximum Gasteiger partial charge on any atom is 0.146 e. The van der Waals surface area contributed by atoms with Gasteiger partial charge in [0.25, 0.3) is 0 Å². The first-order valence-corrected chi connectivity index (χ1v) is 11.7. The molecule has 4 heterocycles. The van der Waals surface area contributed by atoms with Gasteiger partial charge in [0.1, 0.15) is 16.5 Å². The Kier molecular flexibility index (Phi) is 5.09. The first-order valence-electron chi connectivity index (χ1n) is 10.0. The molecule has 28 heavy (non-hydrogen) atoms. The molecule has 2 aliphatic rings. The van der Waals surface area contributed by atoms with Gasteiger partial charge in [-0.3, -0.25) is 4.90 Å². The van der Waals surface area contributed by atoms with Crippen molar-refractivity contribution in [1.29, 1.82) is 0 Å². The maximum absolute atomic E-state index is 5.49. The van der Waals surface area contributed by atoms with E-state index >= 15 is 0 Å². The number of ether oxygens (including phenoxy) is 1. The largest absolute Gasteiger partial charge is 0.379 e. The molecule has 0 atom stereocenters. The lowest BCUT2D eigenvalue weighted by atomic mass is 10.1. The summed E-state index contributed by atoms with van der Waals surface area (Å²) < 4.78 is 5.49. The van der Waals surface area contributed by atoms with Crippen LogP contribution in [0.5, 0.6) is 0 Å². The number of fused-ring (bicyclic) bond motifs is 3. The summed E-state index contributed by atoms with van der Waals surface area (Å²) in [5.74, 6) is 2.06. The molecule has 0 saturated carbocycles. The van der Waals surface area contributed by atoms with E-state index in [-0.39, 0.29) is 0 Å². The zero-order valence-corrected chi connectivity index (χ0v) is 18.2. The monoisotopic (exact) mass is 414 g/mol. The summed E-state index contributed by atoms with van der Waals surface area (Å²) in [5, 5.41) is 3.49. The van der Waals surface area contributed by atoms with Crippen LogP contribution in [0.15, 0.2) is 11.4 Å². The van der Waals surface area contributed by atoms with Crippen molar-refractivity contribution in [2.75, 3.05) is 38.3 Å². The molecule has 0 N–H and O–H groups in total. The van der Waals surface area contributed by atoms with E-state index in [1.165, 1.54) is 50.4 Å². The van der Waals surface area contributed by atoms with Gasteiger partial charge in [0.15, 0.2) is 0 Å². The molecule has 148 valence electrons. The number of rotatable bonds is 5.